The molecule has 0 atom stereocenters. The molecule has 2 aromatic carbocycles. The summed E-state index contributed by atoms with van der Waals surface area (Å²) in [5.74, 6) is 4.39. The lowest BCUT2D eigenvalue weighted by Gasteiger charge is -2.14. The van der Waals surface area contributed by atoms with Gasteiger partial charge < -0.3 is 24.1 Å². The van der Waals surface area contributed by atoms with Crippen molar-refractivity contribution in [3.05, 3.63) is 53.0 Å². The maximum Gasteiger partial charge on any atom is 0.303 e. The van der Waals surface area contributed by atoms with Crippen molar-refractivity contribution in [3.63, 3.8) is 0 Å². The second-order valence-corrected chi connectivity index (χ2v) is 12.6. The maximum absolute atomic E-state index is 10.9. The Bertz CT molecular complexity index is 1230. The minimum Gasteiger partial charge on any atom is -0.489 e. The first-order chi connectivity index (χ1) is 19.7. The Labute approximate surface area is 248 Å². The number of aromatic nitrogens is 1. The standard InChI is InChI=1S/C30H37NO6S3/c32-30(33)7-3-4-12-31-25-5-1-2-6-28(25)40-29(31)11-9-24-8-10-26-27(23-24)37-18-22-39-20-16-35-14-13-34-15-19-38-21-17-36-26/h1-2,5-6,8-11,23H,3-4,7,12-22H2/p+1/b11-9-. The summed E-state index contributed by atoms with van der Waals surface area (Å²) in [6, 6.07) is 14.4. The number of aryl methyl sites for hydroxylation is 1. The Balaban J connectivity index is 1.46. The van der Waals surface area contributed by atoms with Crippen molar-refractivity contribution in [1.29, 1.82) is 0 Å². The van der Waals surface area contributed by atoms with Gasteiger partial charge in [-0.25, -0.2) is 0 Å². The van der Waals surface area contributed by atoms with E-state index in [1.54, 1.807) is 11.3 Å². The number of carboxylic acids is 1. The lowest BCUT2D eigenvalue weighted by Crippen LogP contribution is -2.35. The zero-order valence-corrected chi connectivity index (χ0v) is 25.2. The second kappa shape index (κ2) is 17.5. The number of thioether (sulfide) groups is 2. The smallest absolute Gasteiger partial charge is 0.303 e. The molecule has 0 amide bonds. The summed E-state index contributed by atoms with van der Waals surface area (Å²) in [5, 5.41) is 10.1. The van der Waals surface area contributed by atoms with Gasteiger partial charge in [-0.15, -0.1) is 0 Å². The highest BCUT2D eigenvalue weighted by Gasteiger charge is 2.18. The fourth-order valence-electron chi connectivity index (χ4n) is 4.16. The number of hydrogen-bond donors (Lipinski definition) is 1. The van der Waals surface area contributed by atoms with Crippen LogP contribution in [0, 0.1) is 0 Å². The number of hydrogen-bond acceptors (Lipinski definition) is 8. The van der Waals surface area contributed by atoms with Gasteiger partial charge >= 0.3 is 5.97 Å². The minimum absolute atomic E-state index is 0.199. The average Bonchev–Trinajstić information content (AvgIpc) is 3.31. The molecule has 10 heteroatoms. The molecule has 216 valence electrons. The predicted octanol–water partition coefficient (Wildman–Crippen LogP) is 5.88. The summed E-state index contributed by atoms with van der Waals surface area (Å²) in [5.41, 5.74) is 2.21. The molecular formula is C30H38NO6S3+. The number of para-hydroxylation sites is 1. The number of carboxylic acid groups (broad SMARTS) is 1. The normalized spacial score (nSPS) is 16.5. The minimum atomic E-state index is -0.744. The van der Waals surface area contributed by atoms with Gasteiger partial charge in [0, 0.05) is 48.0 Å². The molecule has 1 N–H and O–H groups in total. The number of benzene rings is 2. The Morgan fingerprint density at radius 2 is 1.52 bits per heavy atom. The molecule has 4 rings (SSSR count). The van der Waals surface area contributed by atoms with Gasteiger partial charge in [-0.3, -0.25) is 4.79 Å². The highest BCUT2D eigenvalue weighted by molar-refractivity contribution is 7.99. The van der Waals surface area contributed by atoms with Crippen LogP contribution in [-0.4, -0.2) is 73.7 Å². The number of carbonyl (C=O) groups is 1. The first kappa shape index (κ1) is 30.7. The van der Waals surface area contributed by atoms with Crippen LogP contribution in [0.4, 0.5) is 0 Å². The van der Waals surface area contributed by atoms with Crippen molar-refractivity contribution >= 4 is 63.2 Å². The van der Waals surface area contributed by atoms with Crippen LogP contribution >= 0.6 is 34.9 Å². The van der Waals surface area contributed by atoms with E-state index in [0.29, 0.717) is 39.5 Å². The Hall–Kier alpha value is -2.24. The average molecular weight is 605 g/mol. The van der Waals surface area contributed by atoms with E-state index in [0.717, 1.165) is 64.7 Å². The van der Waals surface area contributed by atoms with Crippen LogP contribution in [0.1, 0.15) is 29.8 Å². The molecule has 1 aliphatic heterocycles. The highest BCUT2D eigenvalue weighted by Crippen LogP contribution is 2.30. The summed E-state index contributed by atoms with van der Waals surface area (Å²) >= 11 is 5.37. The lowest BCUT2D eigenvalue weighted by atomic mass is 10.2. The summed E-state index contributed by atoms with van der Waals surface area (Å²) in [7, 11) is 0. The molecule has 0 aliphatic carbocycles. The van der Waals surface area contributed by atoms with Crippen molar-refractivity contribution < 1.29 is 33.4 Å². The first-order valence-electron chi connectivity index (χ1n) is 13.7. The fourth-order valence-corrected chi connectivity index (χ4v) is 6.54. The zero-order valence-electron chi connectivity index (χ0n) is 22.8. The molecule has 0 saturated carbocycles. The van der Waals surface area contributed by atoms with Gasteiger partial charge in [0.15, 0.2) is 18.0 Å². The van der Waals surface area contributed by atoms with Gasteiger partial charge in [0.25, 0.3) is 5.01 Å². The van der Waals surface area contributed by atoms with E-state index in [2.05, 4.69) is 41.0 Å². The molecule has 40 heavy (non-hydrogen) atoms. The third kappa shape index (κ3) is 10.3. The van der Waals surface area contributed by atoms with Crippen molar-refractivity contribution in [2.45, 2.75) is 25.8 Å². The largest absolute Gasteiger partial charge is 0.489 e. The maximum atomic E-state index is 10.9. The summed E-state index contributed by atoms with van der Waals surface area (Å²) in [6.07, 6.45) is 5.92. The number of fused-ring (bicyclic) bond motifs is 2. The molecule has 1 aromatic heterocycles. The van der Waals surface area contributed by atoms with E-state index in [4.69, 9.17) is 24.1 Å². The molecular weight excluding hydrogens is 567 g/mol. The van der Waals surface area contributed by atoms with Crippen molar-refractivity contribution in [2.24, 2.45) is 0 Å². The van der Waals surface area contributed by atoms with Gasteiger partial charge in [-0.1, -0.05) is 29.5 Å². The monoisotopic (exact) mass is 604 g/mol. The molecule has 3 aromatic rings. The summed E-state index contributed by atoms with van der Waals surface area (Å²) in [6.45, 7) is 4.71. The highest BCUT2D eigenvalue weighted by atomic mass is 32.2. The van der Waals surface area contributed by atoms with E-state index < -0.39 is 5.97 Å². The SMILES string of the molecule is O=C(O)CCCC[n+]1c(/C=C\c2ccc3c(c2)OCCSCCOCCOCCSCCO3)sc2ccccc21. The molecule has 2 heterocycles. The van der Waals surface area contributed by atoms with Crippen LogP contribution in [0.2, 0.25) is 0 Å². The molecule has 0 bridgehead atoms. The number of nitrogens with zero attached hydrogens (tertiary/aromatic N) is 1. The van der Waals surface area contributed by atoms with E-state index >= 15 is 0 Å². The number of thiazole rings is 1. The number of unbranched alkanes of at least 4 members (excludes halogenated alkanes) is 1. The van der Waals surface area contributed by atoms with Crippen molar-refractivity contribution in [2.75, 3.05) is 62.7 Å². The number of rotatable bonds is 7. The van der Waals surface area contributed by atoms with Crippen LogP contribution in [0.3, 0.4) is 0 Å². The molecule has 0 fully saturated rings. The van der Waals surface area contributed by atoms with Crippen molar-refractivity contribution in [3.8, 4) is 11.5 Å². The van der Waals surface area contributed by atoms with Gasteiger partial charge in [0.1, 0.15) is 4.70 Å². The van der Waals surface area contributed by atoms with Crippen LogP contribution in [0.5, 0.6) is 11.5 Å². The number of aliphatic carboxylic acids is 1. The van der Waals surface area contributed by atoms with Crippen LogP contribution in [0.15, 0.2) is 42.5 Å². The van der Waals surface area contributed by atoms with Gasteiger partial charge in [0.2, 0.25) is 5.52 Å². The van der Waals surface area contributed by atoms with Crippen molar-refractivity contribution in [1.82, 2.24) is 0 Å². The Kier molecular flexibility index (Phi) is 13.5. The van der Waals surface area contributed by atoms with Gasteiger partial charge in [-0.2, -0.15) is 28.1 Å². The molecule has 0 radical (unpaired) electrons. The lowest BCUT2D eigenvalue weighted by molar-refractivity contribution is -0.669. The number of ether oxygens (including phenoxy) is 4. The van der Waals surface area contributed by atoms with Gasteiger partial charge in [-0.05, 0) is 36.3 Å². The Morgan fingerprint density at radius 1 is 0.825 bits per heavy atom. The third-order valence-electron chi connectivity index (χ3n) is 6.13. The quantitative estimate of drug-likeness (QED) is 0.265. The van der Waals surface area contributed by atoms with Gasteiger partial charge in [0.05, 0.1) is 39.6 Å². The molecule has 0 spiro atoms. The van der Waals surface area contributed by atoms with Crippen LogP contribution in [0.25, 0.3) is 22.4 Å². The zero-order chi connectivity index (χ0) is 27.8. The van der Waals surface area contributed by atoms with Crippen LogP contribution < -0.4 is 14.0 Å². The fraction of sp³-hybridized carbons (Fsp3) is 0.467. The first-order valence-corrected chi connectivity index (χ1v) is 16.8. The van der Waals surface area contributed by atoms with E-state index in [1.165, 1.54) is 10.2 Å². The topological polar surface area (TPSA) is 78.1 Å². The van der Waals surface area contributed by atoms with Crippen LogP contribution in [-0.2, 0) is 20.8 Å². The Morgan fingerprint density at radius 3 is 2.27 bits per heavy atom. The van der Waals surface area contributed by atoms with E-state index in [1.807, 2.05) is 41.7 Å². The van der Waals surface area contributed by atoms with E-state index in [9.17, 15) is 4.79 Å². The molecule has 7 nitrogen and oxygen atoms in total. The molecule has 1 aliphatic rings. The molecule has 0 saturated heterocycles. The van der Waals surface area contributed by atoms with E-state index in [-0.39, 0.29) is 6.42 Å². The third-order valence-corrected chi connectivity index (χ3v) is 9.08. The predicted molar refractivity (Wildman–Crippen MR) is 166 cm³/mol. The molecule has 0 unspecified atom stereocenters. The summed E-state index contributed by atoms with van der Waals surface area (Å²) < 4.78 is 27.0. The summed E-state index contributed by atoms with van der Waals surface area (Å²) in [4.78, 5) is 10.9. The second-order valence-electron chi connectivity index (χ2n) is 9.10.